The molecule has 3 heteroatoms. The van der Waals surface area contributed by atoms with Crippen LogP contribution in [0.15, 0.2) is 54.6 Å². The van der Waals surface area contributed by atoms with E-state index in [0.29, 0.717) is 13.0 Å². The van der Waals surface area contributed by atoms with Crippen molar-refractivity contribution >= 4 is 5.97 Å². The second-order valence-corrected chi connectivity index (χ2v) is 5.93. The number of hydrogen-bond acceptors (Lipinski definition) is 3. The van der Waals surface area contributed by atoms with Crippen LogP contribution in [0.1, 0.15) is 29.5 Å². The summed E-state index contributed by atoms with van der Waals surface area (Å²) < 4.78 is 5.30. The fourth-order valence-corrected chi connectivity index (χ4v) is 2.74. The van der Waals surface area contributed by atoms with E-state index in [-0.39, 0.29) is 11.9 Å². The predicted octanol–water partition coefficient (Wildman–Crippen LogP) is 3.64. The molecule has 2 rings (SSSR count). The Hall–Kier alpha value is -2.13. The highest BCUT2D eigenvalue weighted by molar-refractivity contribution is 5.78. The van der Waals surface area contributed by atoms with Crippen LogP contribution in [0.4, 0.5) is 0 Å². The molecule has 0 spiro atoms. The Labute approximate surface area is 138 Å². The highest BCUT2D eigenvalue weighted by Crippen LogP contribution is 2.25. The van der Waals surface area contributed by atoms with Crippen LogP contribution in [0.5, 0.6) is 0 Å². The first-order valence-electron chi connectivity index (χ1n) is 8.05. The summed E-state index contributed by atoms with van der Waals surface area (Å²) in [6.07, 6.45) is 0.660. The summed E-state index contributed by atoms with van der Waals surface area (Å²) in [6.45, 7) is 3.11. The summed E-state index contributed by atoms with van der Waals surface area (Å²) in [6, 6.07) is 18.2. The van der Waals surface area contributed by atoms with Crippen molar-refractivity contribution in [3.8, 4) is 0 Å². The molecule has 3 nitrogen and oxygen atoms in total. The Bertz CT molecular complexity index is 623. The number of carbonyl (C=O) groups excluding carboxylic acids is 1. The van der Waals surface area contributed by atoms with Crippen molar-refractivity contribution in [2.75, 3.05) is 20.7 Å². The van der Waals surface area contributed by atoms with Gasteiger partial charge >= 0.3 is 5.97 Å². The maximum atomic E-state index is 12.4. The molecule has 122 valence electrons. The van der Waals surface area contributed by atoms with Gasteiger partial charge in [0.25, 0.3) is 0 Å². The zero-order chi connectivity index (χ0) is 16.7. The van der Waals surface area contributed by atoms with Gasteiger partial charge in [-0.15, -0.1) is 0 Å². The van der Waals surface area contributed by atoms with E-state index in [4.69, 9.17) is 4.74 Å². The Balaban J connectivity index is 2.30. The fourth-order valence-electron chi connectivity index (χ4n) is 2.74. The fraction of sp³-hybridized carbons (Fsp3) is 0.350. The third-order valence-electron chi connectivity index (χ3n) is 3.80. The van der Waals surface area contributed by atoms with Gasteiger partial charge < -0.3 is 9.64 Å². The molecule has 23 heavy (non-hydrogen) atoms. The van der Waals surface area contributed by atoms with Crippen molar-refractivity contribution in [2.24, 2.45) is 0 Å². The van der Waals surface area contributed by atoms with Crippen LogP contribution in [0.2, 0.25) is 0 Å². The highest BCUT2D eigenvalue weighted by Gasteiger charge is 2.23. The zero-order valence-corrected chi connectivity index (χ0v) is 14.2. The van der Waals surface area contributed by atoms with Gasteiger partial charge in [0.1, 0.15) is 0 Å². The third kappa shape index (κ3) is 4.93. The molecular weight excluding hydrogens is 286 g/mol. The summed E-state index contributed by atoms with van der Waals surface area (Å²) in [5.74, 6) is -0.419. The molecular formula is C20H25NO2. The van der Waals surface area contributed by atoms with Gasteiger partial charge in [-0.05, 0) is 44.1 Å². The van der Waals surface area contributed by atoms with E-state index in [9.17, 15) is 4.79 Å². The van der Waals surface area contributed by atoms with E-state index >= 15 is 0 Å². The first-order chi connectivity index (χ1) is 11.1. The van der Waals surface area contributed by atoms with Crippen LogP contribution in [0.3, 0.4) is 0 Å². The minimum atomic E-state index is -0.264. The zero-order valence-electron chi connectivity index (χ0n) is 14.2. The van der Waals surface area contributed by atoms with Gasteiger partial charge in [-0.25, -0.2) is 0 Å². The van der Waals surface area contributed by atoms with Gasteiger partial charge in [-0.2, -0.15) is 0 Å². The van der Waals surface area contributed by atoms with Crippen molar-refractivity contribution in [1.29, 1.82) is 0 Å². The molecule has 0 saturated carbocycles. The monoisotopic (exact) mass is 311 g/mol. The van der Waals surface area contributed by atoms with E-state index < -0.39 is 0 Å². The molecule has 0 radical (unpaired) electrons. The Morgan fingerprint density at radius 1 is 1.00 bits per heavy atom. The van der Waals surface area contributed by atoms with Crippen molar-refractivity contribution in [3.63, 3.8) is 0 Å². The Morgan fingerprint density at radius 3 is 2.22 bits per heavy atom. The van der Waals surface area contributed by atoms with E-state index in [0.717, 1.165) is 12.1 Å². The maximum absolute atomic E-state index is 12.4. The molecule has 0 aromatic heterocycles. The number of rotatable bonds is 7. The van der Waals surface area contributed by atoms with Gasteiger partial charge in [0.05, 0.1) is 12.5 Å². The molecule has 0 amide bonds. The molecule has 1 unspecified atom stereocenters. The summed E-state index contributed by atoms with van der Waals surface area (Å²) in [5.41, 5.74) is 3.46. The van der Waals surface area contributed by atoms with Crippen molar-refractivity contribution in [1.82, 2.24) is 4.90 Å². The van der Waals surface area contributed by atoms with Crippen molar-refractivity contribution < 1.29 is 9.53 Å². The third-order valence-corrected chi connectivity index (χ3v) is 3.80. The molecule has 0 aliphatic heterocycles. The van der Waals surface area contributed by atoms with Crippen molar-refractivity contribution in [2.45, 2.75) is 25.8 Å². The smallest absolute Gasteiger partial charge is 0.313 e. The molecule has 0 fully saturated rings. The summed E-state index contributed by atoms with van der Waals surface area (Å²) in [5, 5.41) is 0. The molecule has 2 aromatic rings. The minimum absolute atomic E-state index is 0.154. The normalized spacial score (nSPS) is 12.2. The molecule has 2 aromatic carbocycles. The number of benzene rings is 2. The summed E-state index contributed by atoms with van der Waals surface area (Å²) in [7, 11) is 4.10. The number of ether oxygens (including phenoxy) is 1. The van der Waals surface area contributed by atoms with Gasteiger partial charge in [-0.1, -0.05) is 54.6 Å². The average Bonchev–Trinajstić information content (AvgIpc) is 2.54. The van der Waals surface area contributed by atoms with E-state index in [1.54, 1.807) is 0 Å². The molecule has 0 bridgehead atoms. The van der Waals surface area contributed by atoms with Crippen LogP contribution >= 0.6 is 0 Å². The number of hydrogen-bond donors (Lipinski definition) is 0. The molecule has 0 N–H and O–H groups in total. The standard InChI is InChI=1S/C20H25NO2/c1-4-23-20(22)19(16-10-6-5-7-11-16)14-17-12-8-9-13-18(17)15-21(2)3/h5-13,19H,4,14-15H2,1-3H3. The van der Waals surface area contributed by atoms with Gasteiger partial charge in [0, 0.05) is 6.54 Å². The second kappa shape index (κ2) is 8.49. The van der Waals surface area contributed by atoms with Crippen LogP contribution in [-0.4, -0.2) is 31.6 Å². The van der Waals surface area contributed by atoms with E-state index in [1.807, 2.05) is 49.4 Å². The Morgan fingerprint density at radius 2 is 1.61 bits per heavy atom. The average molecular weight is 311 g/mol. The first-order valence-corrected chi connectivity index (χ1v) is 8.05. The van der Waals surface area contributed by atoms with E-state index in [1.165, 1.54) is 11.1 Å². The Kier molecular flexibility index (Phi) is 6.36. The number of esters is 1. The molecule has 0 aliphatic rings. The lowest BCUT2D eigenvalue weighted by molar-refractivity contribution is -0.144. The predicted molar refractivity (Wildman–Crippen MR) is 93.4 cm³/mol. The molecule has 0 aliphatic carbocycles. The van der Waals surface area contributed by atoms with Gasteiger partial charge in [-0.3, -0.25) is 4.79 Å². The van der Waals surface area contributed by atoms with Crippen LogP contribution < -0.4 is 0 Å². The lowest BCUT2D eigenvalue weighted by atomic mass is 9.90. The lowest BCUT2D eigenvalue weighted by Crippen LogP contribution is -2.20. The highest BCUT2D eigenvalue weighted by atomic mass is 16.5. The molecule has 0 heterocycles. The number of carbonyl (C=O) groups is 1. The van der Waals surface area contributed by atoms with E-state index in [2.05, 4.69) is 31.1 Å². The van der Waals surface area contributed by atoms with Crippen molar-refractivity contribution in [3.05, 3.63) is 71.3 Å². The first kappa shape index (κ1) is 17.2. The van der Waals surface area contributed by atoms with Crippen LogP contribution in [0, 0.1) is 0 Å². The quantitative estimate of drug-likeness (QED) is 0.731. The van der Waals surface area contributed by atoms with Crippen LogP contribution in [0.25, 0.3) is 0 Å². The maximum Gasteiger partial charge on any atom is 0.313 e. The van der Waals surface area contributed by atoms with Gasteiger partial charge in [0.15, 0.2) is 0 Å². The second-order valence-electron chi connectivity index (χ2n) is 5.93. The van der Waals surface area contributed by atoms with Crippen LogP contribution in [-0.2, 0) is 22.5 Å². The number of nitrogens with zero attached hydrogens (tertiary/aromatic N) is 1. The summed E-state index contributed by atoms with van der Waals surface area (Å²) in [4.78, 5) is 14.6. The molecule has 0 saturated heterocycles. The summed E-state index contributed by atoms with van der Waals surface area (Å²) >= 11 is 0. The molecule has 1 atom stereocenters. The minimum Gasteiger partial charge on any atom is -0.466 e. The SMILES string of the molecule is CCOC(=O)C(Cc1ccccc1CN(C)C)c1ccccc1. The lowest BCUT2D eigenvalue weighted by Gasteiger charge is -2.19. The van der Waals surface area contributed by atoms with Gasteiger partial charge in [0.2, 0.25) is 0 Å². The largest absolute Gasteiger partial charge is 0.466 e. The topological polar surface area (TPSA) is 29.5 Å².